The fourth-order valence-corrected chi connectivity index (χ4v) is 2.15. The number of ether oxygens (including phenoxy) is 2. The third-order valence-corrected chi connectivity index (χ3v) is 3.34. The first-order chi connectivity index (χ1) is 9.20. The summed E-state index contributed by atoms with van der Waals surface area (Å²) >= 11 is 0. The number of aryl methyl sites for hydroxylation is 1. The van der Waals surface area contributed by atoms with Gasteiger partial charge in [0.1, 0.15) is 18.2 Å². The molecule has 0 saturated carbocycles. The van der Waals surface area contributed by atoms with Crippen molar-refractivity contribution in [1.29, 1.82) is 0 Å². The standard InChI is InChI=1S/C14H23N3O2/c1-3-6-12-16-13(15)10(2)14(17-12)19-9-11-7-4-5-8-18-11/h11H,3-9H2,1-2H3,(H2,15,16,17). The lowest BCUT2D eigenvalue weighted by Crippen LogP contribution is -2.26. The van der Waals surface area contributed by atoms with Gasteiger partial charge in [0, 0.05) is 13.0 Å². The Balaban J connectivity index is 2.01. The summed E-state index contributed by atoms with van der Waals surface area (Å²) in [5, 5.41) is 0. The number of nitrogen functional groups attached to an aromatic ring is 1. The Hall–Kier alpha value is -1.36. The Bertz CT molecular complexity index is 417. The summed E-state index contributed by atoms with van der Waals surface area (Å²) in [7, 11) is 0. The van der Waals surface area contributed by atoms with Crippen molar-refractivity contribution in [2.24, 2.45) is 0 Å². The largest absolute Gasteiger partial charge is 0.475 e. The van der Waals surface area contributed by atoms with Gasteiger partial charge in [0.2, 0.25) is 5.88 Å². The van der Waals surface area contributed by atoms with Gasteiger partial charge in [-0.25, -0.2) is 4.98 Å². The smallest absolute Gasteiger partial charge is 0.221 e. The molecule has 1 saturated heterocycles. The van der Waals surface area contributed by atoms with E-state index in [1.165, 1.54) is 6.42 Å². The van der Waals surface area contributed by atoms with E-state index in [0.29, 0.717) is 18.3 Å². The van der Waals surface area contributed by atoms with Crippen LogP contribution in [-0.4, -0.2) is 29.3 Å². The Morgan fingerprint density at radius 2 is 2.21 bits per heavy atom. The summed E-state index contributed by atoms with van der Waals surface area (Å²) < 4.78 is 11.4. The van der Waals surface area contributed by atoms with Gasteiger partial charge in [0.05, 0.1) is 11.7 Å². The molecule has 5 nitrogen and oxygen atoms in total. The lowest BCUT2D eigenvalue weighted by atomic mass is 10.1. The SMILES string of the molecule is CCCc1nc(N)c(C)c(OCC2CCCCO2)n1. The zero-order valence-electron chi connectivity index (χ0n) is 11.8. The van der Waals surface area contributed by atoms with Gasteiger partial charge in [-0.3, -0.25) is 0 Å². The van der Waals surface area contributed by atoms with E-state index in [2.05, 4.69) is 16.9 Å². The average molecular weight is 265 g/mol. The highest BCUT2D eigenvalue weighted by Gasteiger charge is 2.16. The van der Waals surface area contributed by atoms with Crippen LogP contribution in [0.25, 0.3) is 0 Å². The fourth-order valence-electron chi connectivity index (χ4n) is 2.15. The molecular formula is C14H23N3O2. The zero-order valence-corrected chi connectivity index (χ0v) is 11.8. The lowest BCUT2D eigenvalue weighted by Gasteiger charge is -2.22. The second-order valence-corrected chi connectivity index (χ2v) is 5.00. The molecule has 5 heteroatoms. The Morgan fingerprint density at radius 3 is 2.89 bits per heavy atom. The number of anilines is 1. The predicted octanol–water partition coefficient (Wildman–Crippen LogP) is 2.27. The molecule has 2 heterocycles. The van der Waals surface area contributed by atoms with Gasteiger partial charge in [-0.2, -0.15) is 4.98 Å². The van der Waals surface area contributed by atoms with Crippen LogP contribution in [0.4, 0.5) is 5.82 Å². The molecule has 106 valence electrons. The molecule has 1 aromatic heterocycles. The molecule has 0 bridgehead atoms. The van der Waals surface area contributed by atoms with Gasteiger partial charge in [-0.15, -0.1) is 0 Å². The van der Waals surface area contributed by atoms with Crippen LogP contribution >= 0.6 is 0 Å². The third kappa shape index (κ3) is 3.80. The van der Waals surface area contributed by atoms with E-state index in [-0.39, 0.29) is 6.10 Å². The highest BCUT2D eigenvalue weighted by Crippen LogP contribution is 2.21. The molecule has 1 unspecified atom stereocenters. The molecule has 0 aliphatic carbocycles. The molecule has 1 fully saturated rings. The highest BCUT2D eigenvalue weighted by atomic mass is 16.5. The first-order valence-electron chi connectivity index (χ1n) is 7.08. The number of rotatable bonds is 5. The van der Waals surface area contributed by atoms with Crippen molar-refractivity contribution in [3.05, 3.63) is 11.4 Å². The first kappa shape index (κ1) is 14.1. The van der Waals surface area contributed by atoms with Crippen molar-refractivity contribution in [3.63, 3.8) is 0 Å². The minimum atomic E-state index is 0.180. The Morgan fingerprint density at radius 1 is 1.37 bits per heavy atom. The highest BCUT2D eigenvalue weighted by molar-refractivity contribution is 5.44. The molecule has 1 aromatic rings. The maximum absolute atomic E-state index is 5.90. The molecule has 1 aliphatic rings. The molecule has 0 amide bonds. The molecule has 0 radical (unpaired) electrons. The number of nitrogens with two attached hydrogens (primary N) is 1. The summed E-state index contributed by atoms with van der Waals surface area (Å²) in [6, 6.07) is 0. The van der Waals surface area contributed by atoms with Crippen LogP contribution in [0.15, 0.2) is 0 Å². The van der Waals surface area contributed by atoms with E-state index in [1.54, 1.807) is 0 Å². The van der Waals surface area contributed by atoms with Crippen molar-refractivity contribution in [3.8, 4) is 5.88 Å². The average Bonchev–Trinajstić information content (AvgIpc) is 2.42. The van der Waals surface area contributed by atoms with Gasteiger partial charge in [-0.05, 0) is 32.6 Å². The third-order valence-electron chi connectivity index (χ3n) is 3.34. The maximum Gasteiger partial charge on any atom is 0.221 e. The van der Waals surface area contributed by atoms with Crippen molar-refractivity contribution < 1.29 is 9.47 Å². The topological polar surface area (TPSA) is 70.3 Å². The molecule has 2 N–H and O–H groups in total. The van der Waals surface area contributed by atoms with Crippen molar-refractivity contribution >= 4 is 5.82 Å². The minimum absolute atomic E-state index is 0.180. The number of hydrogen-bond donors (Lipinski definition) is 1. The zero-order chi connectivity index (χ0) is 13.7. The van der Waals surface area contributed by atoms with Gasteiger partial charge < -0.3 is 15.2 Å². The summed E-state index contributed by atoms with van der Waals surface area (Å²) in [6.45, 7) is 5.36. The van der Waals surface area contributed by atoms with E-state index in [9.17, 15) is 0 Å². The van der Waals surface area contributed by atoms with Crippen LogP contribution in [0.3, 0.4) is 0 Å². The molecule has 19 heavy (non-hydrogen) atoms. The van der Waals surface area contributed by atoms with Gasteiger partial charge in [-0.1, -0.05) is 6.92 Å². The summed E-state index contributed by atoms with van der Waals surface area (Å²) in [6.07, 6.45) is 5.41. The maximum atomic E-state index is 5.90. The lowest BCUT2D eigenvalue weighted by molar-refractivity contribution is -0.0121. The summed E-state index contributed by atoms with van der Waals surface area (Å²) in [5.41, 5.74) is 6.71. The second-order valence-electron chi connectivity index (χ2n) is 5.00. The van der Waals surface area contributed by atoms with E-state index in [4.69, 9.17) is 15.2 Å². The minimum Gasteiger partial charge on any atom is -0.475 e. The molecule has 2 rings (SSSR count). The number of nitrogens with zero attached hydrogens (tertiary/aromatic N) is 2. The van der Waals surface area contributed by atoms with Crippen molar-refractivity contribution in [2.75, 3.05) is 18.9 Å². The molecule has 0 spiro atoms. The quantitative estimate of drug-likeness (QED) is 0.884. The van der Waals surface area contributed by atoms with E-state index in [1.807, 2.05) is 6.92 Å². The van der Waals surface area contributed by atoms with Crippen LogP contribution in [0.5, 0.6) is 5.88 Å². The second kappa shape index (κ2) is 6.70. The van der Waals surface area contributed by atoms with Crippen LogP contribution in [0, 0.1) is 6.92 Å². The van der Waals surface area contributed by atoms with Crippen molar-refractivity contribution in [2.45, 2.75) is 52.1 Å². The van der Waals surface area contributed by atoms with Crippen LogP contribution in [0.2, 0.25) is 0 Å². The Labute approximate surface area is 114 Å². The summed E-state index contributed by atoms with van der Waals surface area (Å²) in [4.78, 5) is 8.71. The molecule has 1 aliphatic heterocycles. The van der Waals surface area contributed by atoms with Gasteiger partial charge in [0.15, 0.2) is 0 Å². The number of aromatic nitrogens is 2. The van der Waals surface area contributed by atoms with E-state index < -0.39 is 0 Å². The summed E-state index contributed by atoms with van der Waals surface area (Å²) in [5.74, 6) is 1.87. The van der Waals surface area contributed by atoms with Gasteiger partial charge in [0.25, 0.3) is 0 Å². The van der Waals surface area contributed by atoms with Crippen molar-refractivity contribution in [1.82, 2.24) is 9.97 Å². The fraction of sp³-hybridized carbons (Fsp3) is 0.714. The van der Waals surface area contributed by atoms with Crippen LogP contribution in [-0.2, 0) is 11.2 Å². The predicted molar refractivity (Wildman–Crippen MR) is 74.3 cm³/mol. The van der Waals surface area contributed by atoms with Crippen LogP contribution in [0.1, 0.15) is 44.0 Å². The molecule has 1 atom stereocenters. The Kier molecular flexibility index (Phi) is 4.96. The van der Waals surface area contributed by atoms with E-state index in [0.717, 1.165) is 43.7 Å². The number of hydrogen-bond acceptors (Lipinski definition) is 5. The van der Waals surface area contributed by atoms with Crippen LogP contribution < -0.4 is 10.5 Å². The first-order valence-corrected chi connectivity index (χ1v) is 7.08. The van der Waals surface area contributed by atoms with Gasteiger partial charge >= 0.3 is 0 Å². The molecule has 0 aromatic carbocycles. The van der Waals surface area contributed by atoms with E-state index >= 15 is 0 Å². The molecular weight excluding hydrogens is 242 g/mol. The normalized spacial score (nSPS) is 19.4. The monoisotopic (exact) mass is 265 g/mol.